The van der Waals surface area contributed by atoms with E-state index >= 15 is 0 Å². The van der Waals surface area contributed by atoms with Crippen LogP contribution in [0.4, 0.5) is 22.7 Å². The summed E-state index contributed by atoms with van der Waals surface area (Å²) in [7, 11) is 0. The highest BCUT2D eigenvalue weighted by molar-refractivity contribution is 5.71. The van der Waals surface area contributed by atoms with Gasteiger partial charge in [0.1, 0.15) is 5.69 Å². The lowest BCUT2D eigenvalue weighted by Crippen LogP contribution is -1.99. The first kappa shape index (κ1) is 12.9. The molecule has 0 spiro atoms. The summed E-state index contributed by atoms with van der Waals surface area (Å²) in [4.78, 5) is 10.2. The first-order valence-corrected chi connectivity index (χ1v) is 5.86. The number of aryl methyl sites for hydroxylation is 1. The summed E-state index contributed by atoms with van der Waals surface area (Å²) in [6.45, 7) is 4.05. The lowest BCUT2D eigenvalue weighted by Gasteiger charge is -2.11. The molecule has 3 N–H and O–H groups in total. The molecule has 0 aromatic heterocycles. The van der Waals surface area contributed by atoms with E-state index in [0.29, 0.717) is 0 Å². The molecular formula is C14H15N3O2. The van der Waals surface area contributed by atoms with E-state index in [2.05, 4.69) is 5.32 Å². The molecular weight excluding hydrogens is 242 g/mol. The highest BCUT2D eigenvalue weighted by atomic mass is 16.6. The number of nitro benzene ring substituents is 1. The van der Waals surface area contributed by atoms with E-state index in [4.69, 9.17) is 5.73 Å². The fourth-order valence-electron chi connectivity index (χ4n) is 1.84. The van der Waals surface area contributed by atoms with Crippen LogP contribution in [-0.4, -0.2) is 4.92 Å². The van der Waals surface area contributed by atoms with Crippen LogP contribution in [-0.2, 0) is 0 Å². The Hall–Kier alpha value is -2.56. The average molecular weight is 257 g/mol. The standard InChI is InChI=1S/C14H15N3O2/c1-9-4-3-5-13(10(9)2)16-11-6-7-14(17(18)19)12(15)8-11/h3-8,16H,15H2,1-2H3. The van der Waals surface area contributed by atoms with Crippen molar-refractivity contribution < 1.29 is 4.92 Å². The Morgan fingerprint density at radius 2 is 1.95 bits per heavy atom. The van der Waals surface area contributed by atoms with Crippen LogP contribution in [0.15, 0.2) is 36.4 Å². The van der Waals surface area contributed by atoms with E-state index in [1.165, 1.54) is 11.6 Å². The Morgan fingerprint density at radius 1 is 1.21 bits per heavy atom. The lowest BCUT2D eigenvalue weighted by atomic mass is 10.1. The Kier molecular flexibility index (Phi) is 3.37. The minimum Gasteiger partial charge on any atom is -0.393 e. The second-order valence-corrected chi connectivity index (χ2v) is 4.40. The van der Waals surface area contributed by atoms with E-state index in [9.17, 15) is 10.1 Å². The van der Waals surface area contributed by atoms with Crippen LogP contribution in [0, 0.1) is 24.0 Å². The third-order valence-corrected chi connectivity index (χ3v) is 3.11. The van der Waals surface area contributed by atoms with Crippen molar-refractivity contribution in [3.8, 4) is 0 Å². The number of nitrogens with two attached hydrogens (primary N) is 1. The average Bonchev–Trinajstić information content (AvgIpc) is 2.34. The zero-order valence-corrected chi connectivity index (χ0v) is 10.8. The minimum absolute atomic E-state index is 0.0773. The number of nitrogens with one attached hydrogen (secondary N) is 1. The fourth-order valence-corrected chi connectivity index (χ4v) is 1.84. The number of hydrogen-bond donors (Lipinski definition) is 2. The maximum absolute atomic E-state index is 10.7. The van der Waals surface area contributed by atoms with Crippen LogP contribution in [0.2, 0.25) is 0 Å². The number of benzene rings is 2. The van der Waals surface area contributed by atoms with E-state index in [1.54, 1.807) is 12.1 Å². The molecule has 0 aliphatic heterocycles. The van der Waals surface area contributed by atoms with Crippen molar-refractivity contribution in [2.75, 3.05) is 11.1 Å². The van der Waals surface area contributed by atoms with E-state index < -0.39 is 4.92 Å². The highest BCUT2D eigenvalue weighted by Crippen LogP contribution is 2.28. The van der Waals surface area contributed by atoms with Crippen LogP contribution in [0.25, 0.3) is 0 Å². The molecule has 19 heavy (non-hydrogen) atoms. The SMILES string of the molecule is Cc1cccc(Nc2ccc([N+](=O)[O-])c(N)c2)c1C. The maximum Gasteiger partial charge on any atom is 0.292 e. The third-order valence-electron chi connectivity index (χ3n) is 3.11. The Balaban J connectivity index is 2.32. The van der Waals surface area contributed by atoms with Gasteiger partial charge in [-0.2, -0.15) is 0 Å². The Morgan fingerprint density at radius 3 is 2.58 bits per heavy atom. The third kappa shape index (κ3) is 2.65. The fraction of sp³-hybridized carbons (Fsp3) is 0.143. The van der Waals surface area contributed by atoms with Gasteiger partial charge in [-0.1, -0.05) is 12.1 Å². The van der Waals surface area contributed by atoms with Crippen molar-refractivity contribution in [3.63, 3.8) is 0 Å². The normalized spacial score (nSPS) is 10.2. The molecule has 5 nitrogen and oxygen atoms in total. The van der Waals surface area contributed by atoms with Gasteiger partial charge in [0.25, 0.3) is 5.69 Å². The van der Waals surface area contributed by atoms with Gasteiger partial charge >= 0.3 is 0 Å². The first-order chi connectivity index (χ1) is 8.99. The Labute approximate surface area is 111 Å². The predicted octanol–water partition coefficient (Wildman–Crippen LogP) is 3.54. The van der Waals surface area contributed by atoms with Gasteiger partial charge in [0.2, 0.25) is 0 Å². The summed E-state index contributed by atoms with van der Waals surface area (Å²) >= 11 is 0. The van der Waals surface area contributed by atoms with E-state index in [1.807, 2.05) is 32.0 Å². The highest BCUT2D eigenvalue weighted by Gasteiger charge is 2.11. The summed E-state index contributed by atoms with van der Waals surface area (Å²) in [6.07, 6.45) is 0. The van der Waals surface area contributed by atoms with Gasteiger partial charge in [-0.05, 0) is 43.2 Å². The predicted molar refractivity (Wildman–Crippen MR) is 76.7 cm³/mol. The summed E-state index contributed by atoms with van der Waals surface area (Å²) in [5.74, 6) is 0. The molecule has 0 saturated heterocycles. The van der Waals surface area contributed by atoms with Crippen LogP contribution in [0.3, 0.4) is 0 Å². The van der Waals surface area contributed by atoms with Crippen molar-refractivity contribution in [1.82, 2.24) is 0 Å². The van der Waals surface area contributed by atoms with Gasteiger partial charge in [-0.3, -0.25) is 10.1 Å². The molecule has 0 bridgehead atoms. The topological polar surface area (TPSA) is 81.2 Å². The van der Waals surface area contributed by atoms with Crippen molar-refractivity contribution in [2.24, 2.45) is 0 Å². The van der Waals surface area contributed by atoms with Gasteiger partial charge < -0.3 is 11.1 Å². The van der Waals surface area contributed by atoms with Crippen molar-refractivity contribution >= 4 is 22.7 Å². The summed E-state index contributed by atoms with van der Waals surface area (Å²) in [6, 6.07) is 10.6. The molecule has 0 amide bonds. The smallest absolute Gasteiger partial charge is 0.292 e. The second-order valence-electron chi connectivity index (χ2n) is 4.40. The molecule has 2 aromatic rings. The molecule has 0 saturated carbocycles. The molecule has 5 heteroatoms. The number of nitrogens with zero attached hydrogens (tertiary/aromatic N) is 1. The van der Waals surface area contributed by atoms with Crippen LogP contribution in [0.1, 0.15) is 11.1 Å². The number of nitrogen functional groups attached to an aromatic ring is 1. The summed E-state index contributed by atoms with van der Waals surface area (Å²) in [5, 5.41) is 13.9. The van der Waals surface area contributed by atoms with Crippen LogP contribution >= 0.6 is 0 Å². The molecule has 0 fully saturated rings. The quantitative estimate of drug-likeness (QED) is 0.500. The minimum atomic E-state index is -0.489. The molecule has 2 rings (SSSR count). The van der Waals surface area contributed by atoms with Gasteiger partial charge in [-0.25, -0.2) is 0 Å². The Bertz CT molecular complexity index is 639. The van der Waals surface area contributed by atoms with Crippen LogP contribution in [0.5, 0.6) is 0 Å². The van der Waals surface area contributed by atoms with Crippen molar-refractivity contribution in [2.45, 2.75) is 13.8 Å². The zero-order chi connectivity index (χ0) is 14.0. The number of rotatable bonds is 3. The molecule has 0 radical (unpaired) electrons. The number of nitro groups is 1. The molecule has 0 aliphatic carbocycles. The van der Waals surface area contributed by atoms with Crippen molar-refractivity contribution in [3.05, 3.63) is 57.6 Å². The van der Waals surface area contributed by atoms with E-state index in [0.717, 1.165) is 16.9 Å². The largest absolute Gasteiger partial charge is 0.393 e. The lowest BCUT2D eigenvalue weighted by molar-refractivity contribution is -0.383. The maximum atomic E-state index is 10.7. The van der Waals surface area contributed by atoms with Crippen LogP contribution < -0.4 is 11.1 Å². The van der Waals surface area contributed by atoms with Gasteiger partial charge in [0.15, 0.2) is 0 Å². The molecule has 0 heterocycles. The molecule has 0 unspecified atom stereocenters. The zero-order valence-electron chi connectivity index (χ0n) is 10.8. The van der Waals surface area contributed by atoms with Gasteiger partial charge in [0, 0.05) is 17.4 Å². The molecule has 0 atom stereocenters. The first-order valence-electron chi connectivity index (χ1n) is 5.86. The molecule has 98 valence electrons. The van der Waals surface area contributed by atoms with Gasteiger partial charge in [-0.15, -0.1) is 0 Å². The molecule has 2 aromatic carbocycles. The summed E-state index contributed by atoms with van der Waals surface area (Å²) in [5.41, 5.74) is 9.76. The number of hydrogen-bond acceptors (Lipinski definition) is 4. The molecule has 0 aliphatic rings. The summed E-state index contributed by atoms with van der Waals surface area (Å²) < 4.78 is 0. The second kappa shape index (κ2) is 4.97. The number of anilines is 3. The van der Waals surface area contributed by atoms with Crippen molar-refractivity contribution in [1.29, 1.82) is 0 Å². The van der Waals surface area contributed by atoms with Gasteiger partial charge in [0.05, 0.1) is 4.92 Å². The monoisotopic (exact) mass is 257 g/mol. The van der Waals surface area contributed by atoms with E-state index in [-0.39, 0.29) is 11.4 Å².